The van der Waals surface area contributed by atoms with Crippen molar-refractivity contribution in [2.75, 3.05) is 14.2 Å². The maximum absolute atomic E-state index is 11.8. The molecule has 2 saturated carbocycles. The van der Waals surface area contributed by atoms with Gasteiger partial charge in [0.05, 0.1) is 26.2 Å². The molecule has 0 spiro atoms. The lowest BCUT2D eigenvalue weighted by atomic mass is 9.71. The average Bonchev–Trinajstić information content (AvgIpc) is 2.83. The first-order valence-corrected chi connectivity index (χ1v) is 8.70. The van der Waals surface area contributed by atoms with Gasteiger partial charge in [-0.3, -0.25) is 4.79 Å². The van der Waals surface area contributed by atoms with Gasteiger partial charge in [0.15, 0.2) is 0 Å². The number of fused-ring (bicyclic) bond motifs is 2. The Bertz CT molecular complexity index is 497. The minimum atomic E-state index is -0.453. The zero-order valence-corrected chi connectivity index (χ0v) is 14.9. The Morgan fingerprint density at radius 3 is 2.36 bits per heavy atom. The summed E-state index contributed by atoms with van der Waals surface area (Å²) in [5, 5.41) is 2.30. The molecule has 0 aliphatic heterocycles. The molecule has 22 heavy (non-hydrogen) atoms. The standard InChI is InChI=1S/C17H26O4S/c1-16(2)12-6-7-17(16,3)13(9-12)22-10-11(15(19)21-5)8-14(18)20-4/h10,12-13H,6-9H2,1-5H3/b11-10+/t12-,13-,17+/m0/s1. The van der Waals surface area contributed by atoms with E-state index in [2.05, 4.69) is 25.5 Å². The van der Waals surface area contributed by atoms with Gasteiger partial charge in [0.25, 0.3) is 0 Å². The molecular weight excluding hydrogens is 300 g/mol. The fourth-order valence-corrected chi connectivity index (χ4v) is 5.59. The van der Waals surface area contributed by atoms with E-state index in [4.69, 9.17) is 4.74 Å². The third-order valence-corrected chi connectivity index (χ3v) is 7.56. The normalized spacial score (nSPS) is 32.9. The Labute approximate surface area is 137 Å². The lowest BCUT2D eigenvalue weighted by Crippen LogP contribution is -2.33. The van der Waals surface area contributed by atoms with Gasteiger partial charge in [-0.2, -0.15) is 0 Å². The molecule has 3 atom stereocenters. The minimum absolute atomic E-state index is 0.0353. The van der Waals surface area contributed by atoms with Crippen molar-refractivity contribution in [3.8, 4) is 0 Å². The lowest BCUT2D eigenvalue weighted by Gasteiger charge is -2.38. The van der Waals surface area contributed by atoms with Gasteiger partial charge in [0.2, 0.25) is 0 Å². The molecule has 0 saturated heterocycles. The van der Waals surface area contributed by atoms with Crippen LogP contribution in [0.1, 0.15) is 46.5 Å². The van der Waals surface area contributed by atoms with Crippen molar-refractivity contribution in [3.63, 3.8) is 0 Å². The SMILES string of the molecule is COC(=O)C/C(=C\S[C@H]1C[C@@H]2CC[C@@]1(C)C2(C)C)C(=O)OC. The van der Waals surface area contributed by atoms with E-state index in [9.17, 15) is 9.59 Å². The fourth-order valence-electron chi connectivity index (χ4n) is 4.02. The number of carbonyl (C=O) groups excluding carboxylic acids is 2. The second kappa shape index (κ2) is 6.26. The van der Waals surface area contributed by atoms with Crippen LogP contribution in [0.5, 0.6) is 0 Å². The number of rotatable bonds is 5. The molecule has 124 valence electrons. The van der Waals surface area contributed by atoms with Crippen molar-refractivity contribution in [1.82, 2.24) is 0 Å². The van der Waals surface area contributed by atoms with E-state index in [1.165, 1.54) is 33.5 Å². The summed E-state index contributed by atoms with van der Waals surface area (Å²) in [5.41, 5.74) is 1.00. The summed E-state index contributed by atoms with van der Waals surface area (Å²) in [4.78, 5) is 23.3. The Hall–Kier alpha value is -0.970. The van der Waals surface area contributed by atoms with Crippen molar-refractivity contribution in [1.29, 1.82) is 0 Å². The minimum Gasteiger partial charge on any atom is -0.469 e. The van der Waals surface area contributed by atoms with E-state index in [1.54, 1.807) is 11.8 Å². The predicted molar refractivity (Wildman–Crippen MR) is 87.3 cm³/mol. The topological polar surface area (TPSA) is 52.6 Å². The highest BCUT2D eigenvalue weighted by Gasteiger charge is 2.61. The van der Waals surface area contributed by atoms with Crippen LogP contribution in [0.3, 0.4) is 0 Å². The molecule has 2 aliphatic carbocycles. The zero-order chi connectivity index (χ0) is 16.5. The smallest absolute Gasteiger partial charge is 0.334 e. The Kier molecular flexibility index (Phi) is 4.95. The summed E-state index contributed by atoms with van der Waals surface area (Å²) in [6, 6.07) is 0. The van der Waals surface area contributed by atoms with Gasteiger partial charge in [-0.1, -0.05) is 20.8 Å². The van der Waals surface area contributed by atoms with E-state index in [0.717, 1.165) is 5.92 Å². The van der Waals surface area contributed by atoms with Crippen molar-refractivity contribution >= 4 is 23.7 Å². The van der Waals surface area contributed by atoms with E-state index in [0.29, 0.717) is 16.2 Å². The maximum Gasteiger partial charge on any atom is 0.334 e. The molecule has 4 nitrogen and oxygen atoms in total. The number of ether oxygens (including phenoxy) is 2. The number of hydrogen-bond donors (Lipinski definition) is 0. The number of methoxy groups -OCH3 is 2. The average molecular weight is 326 g/mol. The van der Waals surface area contributed by atoms with Crippen molar-refractivity contribution < 1.29 is 19.1 Å². The molecule has 2 fully saturated rings. The van der Waals surface area contributed by atoms with Gasteiger partial charge in [0.1, 0.15) is 0 Å². The molecule has 2 rings (SSSR count). The van der Waals surface area contributed by atoms with Crippen LogP contribution in [-0.2, 0) is 19.1 Å². The highest BCUT2D eigenvalue weighted by Crippen LogP contribution is 2.68. The van der Waals surface area contributed by atoms with Crippen LogP contribution in [0, 0.1) is 16.7 Å². The maximum atomic E-state index is 11.8. The summed E-state index contributed by atoms with van der Waals surface area (Å²) in [6.45, 7) is 7.10. The Morgan fingerprint density at radius 1 is 1.23 bits per heavy atom. The first kappa shape index (κ1) is 17.4. The van der Waals surface area contributed by atoms with Crippen molar-refractivity contribution in [3.05, 3.63) is 11.0 Å². The van der Waals surface area contributed by atoms with Crippen molar-refractivity contribution in [2.24, 2.45) is 16.7 Å². The summed E-state index contributed by atoms with van der Waals surface area (Å²) < 4.78 is 9.43. The number of hydrogen-bond acceptors (Lipinski definition) is 5. The Morgan fingerprint density at radius 2 is 1.91 bits per heavy atom. The molecule has 0 unspecified atom stereocenters. The fraction of sp³-hybridized carbons (Fsp3) is 0.765. The molecule has 0 amide bonds. The summed E-state index contributed by atoms with van der Waals surface area (Å²) >= 11 is 1.68. The van der Waals surface area contributed by atoms with Crippen LogP contribution < -0.4 is 0 Å². The number of carbonyl (C=O) groups is 2. The third kappa shape index (κ3) is 2.80. The van der Waals surface area contributed by atoms with Gasteiger partial charge >= 0.3 is 11.9 Å². The lowest BCUT2D eigenvalue weighted by molar-refractivity contribution is -0.143. The number of thioether (sulfide) groups is 1. The van der Waals surface area contributed by atoms with Crippen LogP contribution in [0.2, 0.25) is 0 Å². The monoisotopic (exact) mass is 326 g/mol. The predicted octanol–water partition coefficient (Wildman–Crippen LogP) is 3.55. The van der Waals surface area contributed by atoms with Gasteiger partial charge < -0.3 is 9.47 Å². The Balaban J connectivity index is 2.12. The van der Waals surface area contributed by atoms with E-state index in [1.807, 2.05) is 5.41 Å². The molecule has 0 radical (unpaired) electrons. The largest absolute Gasteiger partial charge is 0.469 e. The molecule has 2 aliphatic rings. The zero-order valence-electron chi connectivity index (χ0n) is 14.1. The van der Waals surface area contributed by atoms with E-state index < -0.39 is 11.9 Å². The molecule has 2 bridgehead atoms. The molecule has 0 aromatic heterocycles. The van der Waals surface area contributed by atoms with Crippen LogP contribution >= 0.6 is 11.8 Å². The molecule has 0 aromatic rings. The van der Waals surface area contributed by atoms with Crippen LogP contribution in [0.15, 0.2) is 11.0 Å². The van der Waals surface area contributed by atoms with Gasteiger partial charge in [-0.25, -0.2) is 4.79 Å². The molecule has 0 heterocycles. The third-order valence-electron chi connectivity index (χ3n) is 6.10. The van der Waals surface area contributed by atoms with Crippen molar-refractivity contribution in [2.45, 2.75) is 51.7 Å². The van der Waals surface area contributed by atoms with Gasteiger partial charge in [-0.15, -0.1) is 11.8 Å². The second-order valence-corrected chi connectivity index (χ2v) is 8.20. The molecule has 0 aromatic carbocycles. The van der Waals surface area contributed by atoms with Crippen LogP contribution in [0.4, 0.5) is 0 Å². The quantitative estimate of drug-likeness (QED) is 0.571. The van der Waals surface area contributed by atoms with Crippen LogP contribution in [-0.4, -0.2) is 31.4 Å². The highest BCUT2D eigenvalue weighted by molar-refractivity contribution is 8.02. The molecule has 0 N–H and O–H groups in total. The van der Waals surface area contributed by atoms with Gasteiger partial charge in [0, 0.05) is 5.25 Å². The van der Waals surface area contributed by atoms with Crippen LogP contribution in [0.25, 0.3) is 0 Å². The summed E-state index contributed by atoms with van der Waals surface area (Å²) in [6.07, 6.45) is 3.68. The second-order valence-electron chi connectivity index (χ2n) is 7.12. The van der Waals surface area contributed by atoms with E-state index >= 15 is 0 Å². The first-order chi connectivity index (χ1) is 10.3. The summed E-state index contributed by atoms with van der Waals surface area (Å²) in [7, 11) is 2.66. The van der Waals surface area contributed by atoms with Gasteiger partial charge in [-0.05, 0) is 41.4 Å². The molecule has 5 heteroatoms. The molecular formula is C17H26O4S. The summed E-state index contributed by atoms with van der Waals surface area (Å²) in [5.74, 6) is -0.118. The first-order valence-electron chi connectivity index (χ1n) is 7.76. The number of esters is 2. The highest BCUT2D eigenvalue weighted by atomic mass is 32.2. The van der Waals surface area contributed by atoms with E-state index in [-0.39, 0.29) is 11.8 Å².